The molecule has 2 N–H and O–H groups in total. The molecule has 0 radical (unpaired) electrons. The van der Waals surface area contributed by atoms with Crippen LogP contribution in [0.3, 0.4) is 0 Å². The number of piperidine rings is 1. The summed E-state index contributed by atoms with van der Waals surface area (Å²) in [6.07, 6.45) is 1.77. The number of hydrogen-bond donors (Lipinski definition) is 2. The van der Waals surface area contributed by atoms with Crippen molar-refractivity contribution in [2.24, 2.45) is 5.92 Å². The van der Waals surface area contributed by atoms with Crippen molar-refractivity contribution in [3.63, 3.8) is 0 Å². The van der Waals surface area contributed by atoms with Gasteiger partial charge in [-0.25, -0.2) is 4.79 Å². The molecular weight excluding hydrogens is 370 g/mol. The summed E-state index contributed by atoms with van der Waals surface area (Å²) in [6, 6.07) is 7.05. The maximum atomic E-state index is 12.9. The summed E-state index contributed by atoms with van der Waals surface area (Å²) in [5.41, 5.74) is -0.817. The van der Waals surface area contributed by atoms with E-state index in [-0.39, 0.29) is 43.4 Å². The average Bonchev–Trinajstić information content (AvgIpc) is 2.88. The molecule has 0 aromatic heterocycles. The van der Waals surface area contributed by atoms with Crippen LogP contribution in [0, 0.1) is 5.92 Å². The number of para-hydroxylation sites is 2. The first-order chi connectivity index (χ1) is 12.6. The first-order valence-corrected chi connectivity index (χ1v) is 9.25. The van der Waals surface area contributed by atoms with Gasteiger partial charge < -0.3 is 20.1 Å². The van der Waals surface area contributed by atoms with Crippen LogP contribution in [0.15, 0.2) is 24.3 Å². The third-order valence-corrected chi connectivity index (χ3v) is 5.18. The Balaban J connectivity index is 0.00000261. The highest BCUT2D eigenvalue weighted by atomic mass is 35.5. The van der Waals surface area contributed by atoms with Crippen LogP contribution in [0.2, 0.25) is 0 Å². The lowest BCUT2D eigenvalue weighted by molar-refractivity contribution is -0.133. The van der Waals surface area contributed by atoms with E-state index in [0.717, 1.165) is 25.9 Å². The van der Waals surface area contributed by atoms with Crippen molar-refractivity contribution in [2.45, 2.75) is 32.2 Å². The number of carbonyl (C=O) groups excluding carboxylic acids is 2. The Labute approximate surface area is 166 Å². The van der Waals surface area contributed by atoms with E-state index >= 15 is 0 Å². The molecule has 0 spiro atoms. The van der Waals surface area contributed by atoms with Crippen molar-refractivity contribution < 1.29 is 19.1 Å². The molecule has 27 heavy (non-hydrogen) atoms. The van der Waals surface area contributed by atoms with Crippen LogP contribution in [-0.2, 0) is 4.79 Å². The van der Waals surface area contributed by atoms with E-state index in [0.29, 0.717) is 18.1 Å². The summed E-state index contributed by atoms with van der Waals surface area (Å²) in [4.78, 5) is 26.5. The van der Waals surface area contributed by atoms with Crippen LogP contribution in [0.4, 0.5) is 4.79 Å². The van der Waals surface area contributed by atoms with Crippen molar-refractivity contribution in [3.8, 4) is 11.5 Å². The van der Waals surface area contributed by atoms with E-state index in [4.69, 9.17) is 9.47 Å². The first-order valence-electron chi connectivity index (χ1n) is 9.25. The molecule has 2 fully saturated rings. The molecule has 7 nitrogen and oxygen atoms in total. The Morgan fingerprint density at radius 2 is 1.78 bits per heavy atom. The molecule has 150 valence electrons. The number of amides is 3. The minimum absolute atomic E-state index is 0. The molecule has 2 aliphatic rings. The van der Waals surface area contributed by atoms with Gasteiger partial charge in [0.05, 0.1) is 13.2 Å². The van der Waals surface area contributed by atoms with Crippen LogP contribution < -0.4 is 20.1 Å². The van der Waals surface area contributed by atoms with Crippen LogP contribution in [0.25, 0.3) is 0 Å². The molecule has 1 aromatic carbocycles. The predicted molar refractivity (Wildman–Crippen MR) is 105 cm³/mol. The lowest BCUT2D eigenvalue weighted by Gasteiger charge is -2.34. The average molecular weight is 398 g/mol. The first kappa shape index (κ1) is 21.3. The van der Waals surface area contributed by atoms with E-state index in [1.807, 2.05) is 38.1 Å². The van der Waals surface area contributed by atoms with Crippen molar-refractivity contribution in [1.82, 2.24) is 15.5 Å². The molecule has 0 saturated carbocycles. The van der Waals surface area contributed by atoms with Gasteiger partial charge in [-0.3, -0.25) is 9.69 Å². The monoisotopic (exact) mass is 397 g/mol. The Morgan fingerprint density at radius 1 is 1.15 bits per heavy atom. The fraction of sp³-hybridized carbons (Fsp3) is 0.579. The van der Waals surface area contributed by atoms with Gasteiger partial charge in [-0.15, -0.1) is 12.4 Å². The van der Waals surface area contributed by atoms with E-state index in [1.54, 1.807) is 0 Å². The normalized spacial score (nSPS) is 23.0. The number of urea groups is 1. The second kappa shape index (κ2) is 9.28. The molecule has 1 aromatic rings. The fourth-order valence-electron chi connectivity index (χ4n) is 3.69. The van der Waals surface area contributed by atoms with E-state index in [2.05, 4.69) is 10.6 Å². The highest BCUT2D eigenvalue weighted by Crippen LogP contribution is 2.32. The lowest BCUT2D eigenvalue weighted by atomic mass is 9.79. The predicted octanol–water partition coefficient (Wildman–Crippen LogP) is 2.20. The molecular formula is C19H28ClN3O4. The fourth-order valence-corrected chi connectivity index (χ4v) is 3.69. The topological polar surface area (TPSA) is 79.9 Å². The number of ether oxygens (including phenoxy) is 2. The number of nitrogens with zero attached hydrogens (tertiary/aromatic N) is 1. The number of nitrogens with one attached hydrogen (secondary N) is 2. The third-order valence-electron chi connectivity index (χ3n) is 5.18. The summed E-state index contributed by atoms with van der Waals surface area (Å²) in [7, 11) is 0. The van der Waals surface area contributed by atoms with Crippen molar-refractivity contribution in [1.29, 1.82) is 0 Å². The molecule has 8 heteroatoms. The van der Waals surface area contributed by atoms with Gasteiger partial charge >= 0.3 is 6.03 Å². The summed E-state index contributed by atoms with van der Waals surface area (Å²) < 4.78 is 11.3. The lowest BCUT2D eigenvalue weighted by Crippen LogP contribution is -2.53. The van der Waals surface area contributed by atoms with Crippen molar-refractivity contribution in [3.05, 3.63) is 24.3 Å². The van der Waals surface area contributed by atoms with Gasteiger partial charge in [-0.2, -0.15) is 0 Å². The second-order valence-electron chi connectivity index (χ2n) is 6.84. The maximum Gasteiger partial charge on any atom is 0.325 e. The minimum Gasteiger partial charge on any atom is -0.490 e. The minimum atomic E-state index is -0.817. The van der Waals surface area contributed by atoms with E-state index in [9.17, 15) is 9.59 Å². The van der Waals surface area contributed by atoms with Gasteiger partial charge in [0.15, 0.2) is 11.5 Å². The standard InChI is InChI=1S/C19H27N3O4.ClH/c1-3-25-15-6-4-5-7-16(15)26-13-12-22-17(23)19(2,21-18(22)24)14-8-10-20-11-9-14;/h4-7,14,20H,3,8-13H2,1-2H3,(H,21,24);1H. The summed E-state index contributed by atoms with van der Waals surface area (Å²) in [5.74, 6) is 1.27. The number of benzene rings is 1. The molecule has 0 aliphatic carbocycles. The maximum absolute atomic E-state index is 12.9. The third kappa shape index (κ3) is 4.47. The molecule has 1 unspecified atom stereocenters. The van der Waals surface area contributed by atoms with Crippen LogP contribution >= 0.6 is 12.4 Å². The molecule has 1 atom stereocenters. The summed E-state index contributed by atoms with van der Waals surface area (Å²) in [6.45, 7) is 6.49. The van der Waals surface area contributed by atoms with E-state index in [1.165, 1.54) is 4.90 Å². The quantitative estimate of drug-likeness (QED) is 0.689. The van der Waals surface area contributed by atoms with Gasteiger partial charge in [-0.1, -0.05) is 12.1 Å². The van der Waals surface area contributed by atoms with E-state index < -0.39 is 5.54 Å². The molecule has 2 heterocycles. The van der Waals surface area contributed by atoms with Crippen molar-refractivity contribution >= 4 is 24.3 Å². The zero-order valence-corrected chi connectivity index (χ0v) is 16.6. The zero-order chi connectivity index (χ0) is 18.6. The Hall–Kier alpha value is -1.99. The molecule has 3 amide bonds. The van der Waals surface area contributed by atoms with Crippen molar-refractivity contribution in [2.75, 3.05) is 32.8 Å². The van der Waals surface area contributed by atoms with Gasteiger partial charge in [0.2, 0.25) is 0 Å². The summed E-state index contributed by atoms with van der Waals surface area (Å²) in [5, 5.41) is 6.20. The Morgan fingerprint density at radius 3 is 2.41 bits per heavy atom. The SMILES string of the molecule is CCOc1ccccc1OCCN1C(=O)NC(C)(C2CCNCC2)C1=O.Cl. The van der Waals surface area contributed by atoms with Gasteiger partial charge in [0, 0.05) is 0 Å². The highest BCUT2D eigenvalue weighted by Gasteiger charge is 2.52. The van der Waals surface area contributed by atoms with Gasteiger partial charge in [0.1, 0.15) is 12.1 Å². The zero-order valence-electron chi connectivity index (χ0n) is 15.8. The number of rotatable bonds is 7. The smallest absolute Gasteiger partial charge is 0.325 e. The highest BCUT2D eigenvalue weighted by molar-refractivity contribution is 6.07. The molecule has 0 bridgehead atoms. The summed E-state index contributed by atoms with van der Waals surface area (Å²) >= 11 is 0. The number of halogens is 1. The molecule has 2 aliphatic heterocycles. The Bertz CT molecular complexity index is 666. The number of hydrogen-bond acceptors (Lipinski definition) is 5. The largest absolute Gasteiger partial charge is 0.490 e. The second-order valence-corrected chi connectivity index (χ2v) is 6.84. The molecule has 2 saturated heterocycles. The Kier molecular flexibility index (Phi) is 7.33. The number of imide groups is 1. The van der Waals surface area contributed by atoms with Crippen LogP contribution in [0.5, 0.6) is 11.5 Å². The van der Waals surface area contributed by atoms with Gasteiger partial charge in [0.25, 0.3) is 5.91 Å². The van der Waals surface area contributed by atoms with Crippen LogP contribution in [0.1, 0.15) is 26.7 Å². The van der Waals surface area contributed by atoms with Gasteiger partial charge in [-0.05, 0) is 57.8 Å². The van der Waals surface area contributed by atoms with Crippen LogP contribution in [-0.4, -0.2) is 55.2 Å². The molecule has 3 rings (SSSR count). The number of carbonyl (C=O) groups is 2.